The molecule has 0 aromatic heterocycles. The number of nitrogens with zero attached hydrogens (tertiary/aromatic N) is 3. The highest BCUT2D eigenvalue weighted by Crippen LogP contribution is 2.40. The van der Waals surface area contributed by atoms with Crippen molar-refractivity contribution in [2.24, 2.45) is 17.8 Å². The quantitative estimate of drug-likeness (QED) is 0.574. The van der Waals surface area contributed by atoms with E-state index in [1.54, 1.807) is 28.6 Å². The Morgan fingerprint density at radius 1 is 1.03 bits per heavy atom. The number of carbonyl (C=O) groups excluding carboxylic acids is 2. The van der Waals surface area contributed by atoms with E-state index in [-0.39, 0.29) is 34.7 Å². The molecule has 2 amide bonds. The minimum atomic E-state index is -3.57. The van der Waals surface area contributed by atoms with Crippen LogP contribution in [0.2, 0.25) is 0 Å². The highest BCUT2D eigenvalue weighted by molar-refractivity contribution is 7.89. The van der Waals surface area contributed by atoms with Crippen molar-refractivity contribution >= 4 is 27.5 Å². The summed E-state index contributed by atoms with van der Waals surface area (Å²) in [4.78, 5) is 26.7. The third-order valence-corrected chi connectivity index (χ3v) is 10.3. The van der Waals surface area contributed by atoms with E-state index in [9.17, 15) is 18.0 Å². The molecule has 4 rings (SSSR count). The first-order valence-electron chi connectivity index (χ1n) is 13.3. The van der Waals surface area contributed by atoms with E-state index in [0.717, 1.165) is 45.3 Å². The van der Waals surface area contributed by atoms with E-state index in [1.165, 1.54) is 6.92 Å². The Morgan fingerprint density at radius 3 is 2.22 bits per heavy atom. The molecule has 36 heavy (non-hydrogen) atoms. The number of nitrogens with one attached hydrogen (secondary N) is 2. The second-order valence-corrected chi connectivity index (χ2v) is 12.4. The van der Waals surface area contributed by atoms with Gasteiger partial charge in [0.25, 0.3) is 0 Å². The Hall–Kier alpha value is -2.01. The van der Waals surface area contributed by atoms with E-state index < -0.39 is 10.0 Å². The van der Waals surface area contributed by atoms with Crippen LogP contribution in [-0.4, -0.2) is 79.3 Å². The first kappa shape index (κ1) is 27.0. The molecule has 3 aliphatic heterocycles. The lowest BCUT2D eigenvalue weighted by atomic mass is 9.74. The summed E-state index contributed by atoms with van der Waals surface area (Å²) in [5, 5.41) is 4.96. The zero-order valence-electron chi connectivity index (χ0n) is 21.9. The molecule has 0 saturated carbocycles. The first-order chi connectivity index (χ1) is 17.1. The molecule has 0 bridgehead atoms. The van der Waals surface area contributed by atoms with E-state index >= 15 is 0 Å². The predicted molar refractivity (Wildman–Crippen MR) is 139 cm³/mol. The maximum atomic E-state index is 13.3. The summed E-state index contributed by atoms with van der Waals surface area (Å²) < 4.78 is 28.0. The maximum absolute atomic E-state index is 13.3. The average Bonchev–Trinajstić information content (AvgIpc) is 3.19. The Bertz CT molecular complexity index is 1030. The fourth-order valence-electron chi connectivity index (χ4n) is 6.40. The minimum Gasteiger partial charge on any atom is -0.343 e. The van der Waals surface area contributed by atoms with Crippen LogP contribution in [0.4, 0.5) is 5.69 Å². The van der Waals surface area contributed by atoms with Crippen molar-refractivity contribution < 1.29 is 18.0 Å². The molecule has 4 unspecified atom stereocenters. The van der Waals surface area contributed by atoms with Crippen LogP contribution in [0.25, 0.3) is 0 Å². The van der Waals surface area contributed by atoms with Crippen LogP contribution in [0.5, 0.6) is 0 Å². The van der Waals surface area contributed by atoms with Crippen LogP contribution in [0.3, 0.4) is 0 Å². The summed E-state index contributed by atoms with van der Waals surface area (Å²) in [7, 11) is -3.57. The molecular weight excluding hydrogens is 478 g/mol. The van der Waals surface area contributed by atoms with E-state index in [0.29, 0.717) is 30.6 Å². The largest absolute Gasteiger partial charge is 0.343 e. The van der Waals surface area contributed by atoms with Crippen molar-refractivity contribution in [2.45, 2.75) is 70.4 Å². The molecular formula is C26H41N5O4S. The number of hydrazine groups is 1. The summed E-state index contributed by atoms with van der Waals surface area (Å²) >= 11 is 0. The van der Waals surface area contributed by atoms with Crippen molar-refractivity contribution in [1.82, 2.24) is 19.6 Å². The third-order valence-electron chi connectivity index (χ3n) is 8.35. The van der Waals surface area contributed by atoms with Crippen LogP contribution < -0.4 is 10.7 Å². The number of hydrogen-bond donors (Lipinski definition) is 2. The summed E-state index contributed by atoms with van der Waals surface area (Å²) in [6, 6.07) is 6.71. The van der Waals surface area contributed by atoms with Gasteiger partial charge >= 0.3 is 0 Å². The van der Waals surface area contributed by atoms with Gasteiger partial charge in [-0.05, 0) is 82.6 Å². The van der Waals surface area contributed by atoms with E-state index in [2.05, 4.69) is 22.7 Å². The van der Waals surface area contributed by atoms with E-state index in [1.807, 2.05) is 18.7 Å². The smallest absolute Gasteiger partial charge is 0.243 e. The van der Waals surface area contributed by atoms with Gasteiger partial charge in [-0.25, -0.2) is 13.4 Å². The second kappa shape index (κ2) is 11.2. The standard InChI is InChI=1S/C26H41N5O4S/c1-5-29(6-2)26(33)25-18(3)28-31-16-13-21(17-24(25)31)20-11-14-30(15-12-20)36(34,35)23-9-7-22(8-10-23)27-19(4)32/h7-10,18,20-21,24-25,28H,5-6,11-17H2,1-4H3,(H,27,32). The van der Waals surface area contributed by atoms with Crippen molar-refractivity contribution in [3.63, 3.8) is 0 Å². The highest BCUT2D eigenvalue weighted by Gasteiger charge is 2.48. The van der Waals surface area contributed by atoms with Gasteiger partial charge in [0.05, 0.1) is 10.8 Å². The van der Waals surface area contributed by atoms with Crippen molar-refractivity contribution in [3.8, 4) is 0 Å². The maximum Gasteiger partial charge on any atom is 0.243 e. The first-order valence-corrected chi connectivity index (χ1v) is 14.8. The van der Waals surface area contributed by atoms with Gasteiger partial charge in [0, 0.05) is 57.4 Å². The van der Waals surface area contributed by atoms with Crippen molar-refractivity contribution in [3.05, 3.63) is 24.3 Å². The van der Waals surface area contributed by atoms with Crippen LogP contribution in [0.1, 0.15) is 53.4 Å². The molecule has 9 nitrogen and oxygen atoms in total. The molecule has 3 heterocycles. The van der Waals surface area contributed by atoms with Crippen molar-refractivity contribution in [1.29, 1.82) is 0 Å². The molecule has 10 heteroatoms. The van der Waals surface area contributed by atoms with Gasteiger partial charge in [-0.2, -0.15) is 4.31 Å². The molecule has 200 valence electrons. The summed E-state index contributed by atoms with van der Waals surface area (Å²) in [6.45, 7) is 11.0. The van der Waals surface area contributed by atoms with E-state index in [4.69, 9.17) is 0 Å². The molecule has 1 aromatic rings. The highest BCUT2D eigenvalue weighted by atomic mass is 32.2. The fourth-order valence-corrected chi connectivity index (χ4v) is 7.87. The Balaban J connectivity index is 1.37. The predicted octanol–water partition coefficient (Wildman–Crippen LogP) is 2.52. The molecule has 0 aliphatic carbocycles. The summed E-state index contributed by atoms with van der Waals surface area (Å²) in [5.41, 5.74) is 4.13. The SMILES string of the molecule is CCN(CC)C(=O)C1C(C)NN2CCC(C3CCN(S(=O)(=O)c4ccc(NC(C)=O)cc4)CC3)CC12. The lowest BCUT2D eigenvalue weighted by molar-refractivity contribution is -0.136. The Morgan fingerprint density at radius 2 is 1.64 bits per heavy atom. The lowest BCUT2D eigenvalue weighted by Crippen LogP contribution is -2.49. The number of rotatable bonds is 7. The molecule has 2 N–H and O–H groups in total. The average molecular weight is 520 g/mol. The van der Waals surface area contributed by atoms with Gasteiger partial charge in [-0.1, -0.05) is 0 Å². The number of fused-ring (bicyclic) bond motifs is 1. The summed E-state index contributed by atoms with van der Waals surface area (Å²) in [6.07, 6.45) is 3.75. The Kier molecular flexibility index (Phi) is 8.38. The molecule has 4 atom stereocenters. The molecule has 3 saturated heterocycles. The van der Waals surface area contributed by atoms with Crippen LogP contribution in [0.15, 0.2) is 29.2 Å². The van der Waals surface area contributed by atoms with Gasteiger partial charge in [0.2, 0.25) is 21.8 Å². The monoisotopic (exact) mass is 519 g/mol. The second-order valence-electron chi connectivity index (χ2n) is 10.4. The number of anilines is 1. The topological polar surface area (TPSA) is 102 Å². The number of carbonyl (C=O) groups is 2. The van der Waals surface area contributed by atoms with Gasteiger partial charge in [0.15, 0.2) is 0 Å². The number of sulfonamides is 1. The van der Waals surface area contributed by atoms with Gasteiger partial charge in [0.1, 0.15) is 0 Å². The lowest BCUT2D eigenvalue weighted by Gasteiger charge is -2.42. The zero-order valence-corrected chi connectivity index (χ0v) is 22.8. The normalized spacial score (nSPS) is 28.0. The van der Waals surface area contributed by atoms with Crippen LogP contribution >= 0.6 is 0 Å². The van der Waals surface area contributed by atoms with Gasteiger partial charge in [-0.3, -0.25) is 15.0 Å². The summed E-state index contributed by atoms with van der Waals surface area (Å²) in [5.74, 6) is 1.00. The fraction of sp³-hybridized carbons (Fsp3) is 0.692. The number of benzene rings is 1. The number of hydrogen-bond acceptors (Lipinski definition) is 6. The molecule has 0 radical (unpaired) electrons. The zero-order chi connectivity index (χ0) is 26.0. The third kappa shape index (κ3) is 5.46. The molecule has 1 aromatic carbocycles. The molecule has 3 aliphatic rings. The number of piperidine rings is 2. The van der Waals surface area contributed by atoms with Crippen molar-refractivity contribution in [2.75, 3.05) is 38.0 Å². The van der Waals surface area contributed by atoms with Gasteiger partial charge in [-0.15, -0.1) is 0 Å². The molecule has 3 fully saturated rings. The Labute approximate surface area is 215 Å². The number of amides is 2. The minimum absolute atomic E-state index is 0.0337. The van der Waals surface area contributed by atoms with Crippen LogP contribution in [-0.2, 0) is 19.6 Å². The van der Waals surface area contributed by atoms with Crippen LogP contribution in [0, 0.1) is 17.8 Å². The van der Waals surface area contributed by atoms with Gasteiger partial charge < -0.3 is 10.2 Å². The molecule has 0 spiro atoms.